The highest BCUT2D eigenvalue weighted by atomic mass is 35.5. The first-order valence-electron chi connectivity index (χ1n) is 9.09. The number of nitrogens with one attached hydrogen (secondary N) is 2. The highest BCUT2D eigenvalue weighted by Gasteiger charge is 2.32. The molecule has 0 saturated heterocycles. The molecule has 7 heteroatoms. The van der Waals surface area contributed by atoms with Gasteiger partial charge >= 0.3 is 0 Å². The van der Waals surface area contributed by atoms with Gasteiger partial charge in [-0.1, -0.05) is 43.3 Å². The molecule has 1 heterocycles. The number of halogens is 1. The number of benzene rings is 2. The SMILES string of the molecule is CCC1Oc2cc(C(C)NC(=O)C(C)(N)c3ccccc3)ccc2NC1=O.Cl. The van der Waals surface area contributed by atoms with E-state index in [1.54, 1.807) is 13.0 Å². The molecule has 0 aromatic heterocycles. The van der Waals surface area contributed by atoms with Gasteiger partial charge in [0.15, 0.2) is 6.10 Å². The van der Waals surface area contributed by atoms with E-state index < -0.39 is 11.6 Å². The maximum absolute atomic E-state index is 12.8. The number of hydrogen-bond acceptors (Lipinski definition) is 4. The second-order valence-corrected chi connectivity index (χ2v) is 7.02. The van der Waals surface area contributed by atoms with Crippen LogP contribution in [0.25, 0.3) is 0 Å². The lowest BCUT2D eigenvalue weighted by Crippen LogP contribution is -2.49. The molecule has 3 atom stereocenters. The van der Waals surface area contributed by atoms with Gasteiger partial charge in [0.1, 0.15) is 11.3 Å². The molecule has 3 unspecified atom stereocenters. The van der Waals surface area contributed by atoms with Crippen molar-refractivity contribution in [3.63, 3.8) is 0 Å². The Morgan fingerprint density at radius 2 is 1.96 bits per heavy atom. The Labute approximate surface area is 171 Å². The van der Waals surface area contributed by atoms with Gasteiger partial charge in [-0.05, 0) is 43.5 Å². The lowest BCUT2D eigenvalue weighted by Gasteiger charge is -2.28. The fraction of sp³-hybridized carbons (Fsp3) is 0.333. The Morgan fingerprint density at radius 1 is 1.29 bits per heavy atom. The van der Waals surface area contributed by atoms with Crippen LogP contribution in [-0.4, -0.2) is 17.9 Å². The fourth-order valence-electron chi connectivity index (χ4n) is 3.04. The predicted molar refractivity (Wildman–Crippen MR) is 112 cm³/mol. The molecule has 28 heavy (non-hydrogen) atoms. The molecule has 4 N–H and O–H groups in total. The first-order valence-corrected chi connectivity index (χ1v) is 9.09. The van der Waals surface area contributed by atoms with Gasteiger partial charge in [0.05, 0.1) is 11.7 Å². The van der Waals surface area contributed by atoms with Crippen molar-refractivity contribution in [3.8, 4) is 5.75 Å². The minimum Gasteiger partial charge on any atom is -0.478 e. The average Bonchev–Trinajstić information content (AvgIpc) is 2.67. The number of fused-ring (bicyclic) bond motifs is 1. The second kappa shape index (κ2) is 8.63. The minimum absolute atomic E-state index is 0. The van der Waals surface area contributed by atoms with Gasteiger partial charge < -0.3 is 21.1 Å². The molecule has 3 rings (SSSR count). The molecule has 0 radical (unpaired) electrons. The molecular weight excluding hydrogens is 378 g/mol. The van der Waals surface area contributed by atoms with Crippen molar-refractivity contribution in [2.24, 2.45) is 5.73 Å². The maximum Gasteiger partial charge on any atom is 0.265 e. The van der Waals surface area contributed by atoms with Crippen LogP contribution in [0.1, 0.15) is 44.4 Å². The normalized spacial score (nSPS) is 18.4. The van der Waals surface area contributed by atoms with Crippen LogP contribution in [0.3, 0.4) is 0 Å². The molecule has 2 aromatic rings. The molecular formula is C21H26ClN3O3. The standard InChI is InChI=1S/C21H25N3O3.ClH/c1-4-17-19(25)24-16-11-10-14(12-18(16)27-17)13(2)23-20(26)21(3,22)15-8-6-5-7-9-15;/h5-13,17H,4,22H2,1-3H3,(H,23,26)(H,24,25);1H. The van der Waals surface area contributed by atoms with E-state index in [0.29, 0.717) is 17.9 Å². The zero-order valence-corrected chi connectivity index (χ0v) is 17.0. The van der Waals surface area contributed by atoms with Gasteiger partial charge in [-0.15, -0.1) is 12.4 Å². The predicted octanol–water partition coefficient (Wildman–Crippen LogP) is 3.27. The minimum atomic E-state index is -1.14. The van der Waals surface area contributed by atoms with Crippen molar-refractivity contribution in [3.05, 3.63) is 59.7 Å². The average molecular weight is 404 g/mol. The summed E-state index contributed by atoms with van der Waals surface area (Å²) in [6.45, 7) is 5.48. The van der Waals surface area contributed by atoms with E-state index in [9.17, 15) is 9.59 Å². The van der Waals surface area contributed by atoms with E-state index in [-0.39, 0.29) is 30.3 Å². The monoisotopic (exact) mass is 403 g/mol. The highest BCUT2D eigenvalue weighted by molar-refractivity contribution is 5.97. The molecule has 1 aliphatic rings. The summed E-state index contributed by atoms with van der Waals surface area (Å²) in [5.41, 5.74) is 7.41. The summed E-state index contributed by atoms with van der Waals surface area (Å²) in [5.74, 6) is 0.207. The van der Waals surface area contributed by atoms with E-state index in [2.05, 4.69) is 10.6 Å². The van der Waals surface area contributed by atoms with Crippen LogP contribution in [0, 0.1) is 0 Å². The number of carbonyl (C=O) groups excluding carboxylic acids is 2. The molecule has 0 aliphatic carbocycles. The summed E-state index contributed by atoms with van der Waals surface area (Å²) in [7, 11) is 0. The van der Waals surface area contributed by atoms with Gasteiger partial charge in [-0.25, -0.2) is 0 Å². The summed E-state index contributed by atoms with van der Waals surface area (Å²) >= 11 is 0. The van der Waals surface area contributed by atoms with Crippen LogP contribution in [0.4, 0.5) is 5.69 Å². The summed E-state index contributed by atoms with van der Waals surface area (Å²) in [4.78, 5) is 24.6. The third-order valence-electron chi connectivity index (χ3n) is 4.89. The molecule has 2 aromatic carbocycles. The van der Waals surface area contributed by atoms with E-state index >= 15 is 0 Å². The van der Waals surface area contributed by atoms with Crippen LogP contribution >= 0.6 is 12.4 Å². The number of hydrogen-bond donors (Lipinski definition) is 3. The number of amides is 2. The molecule has 0 saturated carbocycles. The van der Waals surface area contributed by atoms with Gasteiger partial charge in [-0.3, -0.25) is 9.59 Å². The van der Waals surface area contributed by atoms with E-state index in [4.69, 9.17) is 10.5 Å². The molecule has 150 valence electrons. The Bertz CT molecular complexity index is 855. The van der Waals surface area contributed by atoms with E-state index in [0.717, 1.165) is 11.1 Å². The zero-order chi connectivity index (χ0) is 19.6. The van der Waals surface area contributed by atoms with Gasteiger partial charge in [-0.2, -0.15) is 0 Å². The Kier molecular flexibility index (Phi) is 6.69. The zero-order valence-electron chi connectivity index (χ0n) is 16.2. The van der Waals surface area contributed by atoms with Gasteiger partial charge in [0.2, 0.25) is 5.91 Å². The van der Waals surface area contributed by atoms with Crippen molar-refractivity contribution in [1.82, 2.24) is 5.32 Å². The Hall–Kier alpha value is -2.57. The van der Waals surface area contributed by atoms with Crippen LogP contribution in [0.15, 0.2) is 48.5 Å². The molecule has 0 bridgehead atoms. The van der Waals surface area contributed by atoms with E-state index in [1.165, 1.54) is 0 Å². The van der Waals surface area contributed by atoms with Crippen molar-refractivity contribution < 1.29 is 14.3 Å². The number of rotatable bonds is 5. The molecule has 0 spiro atoms. The fourth-order valence-corrected chi connectivity index (χ4v) is 3.04. The molecule has 1 aliphatic heterocycles. The van der Waals surface area contributed by atoms with Crippen LogP contribution < -0.4 is 21.1 Å². The van der Waals surface area contributed by atoms with Crippen LogP contribution in [0.2, 0.25) is 0 Å². The summed E-state index contributed by atoms with van der Waals surface area (Å²) < 4.78 is 5.78. The van der Waals surface area contributed by atoms with Crippen molar-refractivity contribution in [2.45, 2.75) is 44.9 Å². The van der Waals surface area contributed by atoms with Crippen LogP contribution in [-0.2, 0) is 15.1 Å². The van der Waals surface area contributed by atoms with E-state index in [1.807, 2.05) is 56.3 Å². The number of anilines is 1. The van der Waals surface area contributed by atoms with Gasteiger partial charge in [0, 0.05) is 0 Å². The molecule has 6 nitrogen and oxygen atoms in total. The molecule has 2 amide bonds. The summed E-state index contributed by atoms with van der Waals surface area (Å²) in [6.07, 6.45) is 0.0905. The van der Waals surface area contributed by atoms with Crippen molar-refractivity contribution >= 4 is 29.9 Å². The summed E-state index contributed by atoms with van der Waals surface area (Å²) in [6, 6.07) is 14.5. The maximum atomic E-state index is 12.8. The lowest BCUT2D eigenvalue weighted by atomic mass is 9.91. The van der Waals surface area contributed by atoms with Crippen LogP contribution in [0.5, 0.6) is 5.75 Å². The van der Waals surface area contributed by atoms with Crippen molar-refractivity contribution in [1.29, 1.82) is 0 Å². The first kappa shape index (κ1) is 21.7. The van der Waals surface area contributed by atoms with Gasteiger partial charge in [0.25, 0.3) is 5.91 Å². The third-order valence-corrected chi connectivity index (χ3v) is 4.89. The number of nitrogens with two attached hydrogens (primary N) is 1. The second-order valence-electron chi connectivity index (χ2n) is 7.02. The third kappa shape index (κ3) is 4.29. The quantitative estimate of drug-likeness (QED) is 0.714. The highest BCUT2D eigenvalue weighted by Crippen LogP contribution is 2.33. The Morgan fingerprint density at radius 3 is 2.61 bits per heavy atom. The Balaban J connectivity index is 0.00000280. The smallest absolute Gasteiger partial charge is 0.265 e. The lowest BCUT2D eigenvalue weighted by molar-refractivity contribution is -0.126. The summed E-state index contributed by atoms with van der Waals surface area (Å²) in [5, 5.41) is 5.81. The largest absolute Gasteiger partial charge is 0.478 e. The number of ether oxygens (including phenoxy) is 1. The van der Waals surface area contributed by atoms with Crippen molar-refractivity contribution in [2.75, 3.05) is 5.32 Å². The number of carbonyl (C=O) groups is 2. The topological polar surface area (TPSA) is 93.4 Å². The molecule has 0 fully saturated rings. The first-order chi connectivity index (χ1) is 12.8.